The van der Waals surface area contributed by atoms with E-state index in [1.165, 1.54) is 12.2 Å². The van der Waals surface area contributed by atoms with Crippen LogP contribution in [0.15, 0.2) is 0 Å². The molecule has 56 valence electrons. The molecule has 0 spiro atoms. The van der Waals surface area contributed by atoms with Gasteiger partial charge in [-0.05, 0) is 6.42 Å². The highest BCUT2D eigenvalue weighted by atomic mass is 32.2. The fraction of sp³-hybridized carbons (Fsp3) is 0.857. The normalized spacial score (nSPS) is 38.8. The first kappa shape index (κ1) is 6.68. The van der Waals surface area contributed by atoms with Crippen molar-refractivity contribution in [1.82, 2.24) is 4.90 Å². The predicted octanol–water partition coefficient (Wildman–Crippen LogP) is 0.375. The number of hydrogen-bond acceptors (Lipinski definition) is 3. The maximum absolute atomic E-state index is 10.2. The highest BCUT2D eigenvalue weighted by Crippen LogP contribution is 2.36. The molecule has 2 nitrogen and oxygen atoms in total. The van der Waals surface area contributed by atoms with Crippen molar-refractivity contribution < 1.29 is 4.79 Å². The van der Waals surface area contributed by atoms with E-state index in [-0.39, 0.29) is 0 Å². The fourth-order valence-corrected chi connectivity index (χ4v) is 3.29. The molecule has 2 aliphatic heterocycles. The van der Waals surface area contributed by atoms with Gasteiger partial charge in [-0.2, -0.15) is 11.8 Å². The number of rotatable bonds is 2. The Hall–Kier alpha value is -0.0200. The lowest BCUT2D eigenvalue weighted by atomic mass is 10.2. The number of aldehydes is 1. The van der Waals surface area contributed by atoms with Crippen LogP contribution in [0.25, 0.3) is 0 Å². The van der Waals surface area contributed by atoms with E-state index in [2.05, 4.69) is 16.7 Å². The summed E-state index contributed by atoms with van der Waals surface area (Å²) in [4.78, 5) is 12.5. The topological polar surface area (TPSA) is 20.3 Å². The molecule has 2 atom stereocenters. The molecule has 2 bridgehead atoms. The number of carbonyl (C=O) groups is 1. The Morgan fingerprint density at radius 3 is 3.10 bits per heavy atom. The van der Waals surface area contributed by atoms with E-state index >= 15 is 0 Å². The van der Waals surface area contributed by atoms with Crippen LogP contribution in [0.2, 0.25) is 0 Å². The third-order valence-corrected chi connectivity index (χ3v) is 3.71. The third kappa shape index (κ3) is 0.974. The van der Waals surface area contributed by atoms with Gasteiger partial charge in [0, 0.05) is 23.6 Å². The Morgan fingerprint density at radius 2 is 2.60 bits per heavy atom. The smallest absolute Gasteiger partial charge is 0.133 e. The van der Waals surface area contributed by atoms with Crippen molar-refractivity contribution in [3.8, 4) is 0 Å². The molecule has 0 amide bonds. The van der Waals surface area contributed by atoms with Crippen molar-refractivity contribution in [2.45, 2.75) is 17.7 Å². The first-order valence-corrected chi connectivity index (χ1v) is 4.74. The molecule has 2 fully saturated rings. The summed E-state index contributed by atoms with van der Waals surface area (Å²) in [6.45, 7) is 1.80. The molecule has 0 aromatic rings. The lowest BCUT2D eigenvalue weighted by Gasteiger charge is -2.23. The van der Waals surface area contributed by atoms with Crippen LogP contribution in [-0.4, -0.2) is 41.3 Å². The van der Waals surface area contributed by atoms with Crippen molar-refractivity contribution in [2.24, 2.45) is 0 Å². The fourth-order valence-electron chi connectivity index (χ4n) is 1.80. The highest BCUT2D eigenvalue weighted by molar-refractivity contribution is 8.00. The molecule has 0 saturated carbocycles. The summed E-state index contributed by atoms with van der Waals surface area (Å²) in [5, 5.41) is 0.838. The van der Waals surface area contributed by atoms with Crippen molar-refractivity contribution in [3.63, 3.8) is 0 Å². The number of thioether (sulfide) groups is 1. The maximum atomic E-state index is 10.2. The van der Waals surface area contributed by atoms with Gasteiger partial charge in [0.25, 0.3) is 0 Å². The zero-order valence-corrected chi connectivity index (χ0v) is 6.64. The Balaban J connectivity index is 1.95. The van der Waals surface area contributed by atoms with Crippen LogP contribution in [0.5, 0.6) is 0 Å². The lowest BCUT2D eigenvalue weighted by molar-refractivity contribution is -0.109. The minimum absolute atomic E-state index is 0.654. The van der Waals surface area contributed by atoms with Gasteiger partial charge in [-0.3, -0.25) is 4.90 Å². The summed E-state index contributed by atoms with van der Waals surface area (Å²) in [6, 6.07) is 0.722. The van der Waals surface area contributed by atoms with Gasteiger partial charge in [0.15, 0.2) is 0 Å². The van der Waals surface area contributed by atoms with Crippen molar-refractivity contribution in [2.75, 3.05) is 18.8 Å². The van der Waals surface area contributed by atoms with Gasteiger partial charge in [0.05, 0.1) is 6.54 Å². The average molecular weight is 157 g/mol. The Morgan fingerprint density at radius 1 is 1.70 bits per heavy atom. The Kier molecular flexibility index (Phi) is 1.70. The first-order chi connectivity index (χ1) is 4.90. The second-order valence-corrected chi connectivity index (χ2v) is 4.30. The van der Waals surface area contributed by atoms with Gasteiger partial charge in [0.2, 0.25) is 0 Å². The summed E-state index contributed by atoms with van der Waals surface area (Å²) >= 11 is 2.06. The number of nitrogens with zero attached hydrogens (tertiary/aromatic N) is 1. The standard InChI is InChI=1S/C7H11NOS/c9-2-1-8-4-7-3-6(8)5-10-7/h2,6-7H,1,3-5H2. The van der Waals surface area contributed by atoms with Crippen LogP contribution >= 0.6 is 11.8 Å². The monoisotopic (exact) mass is 157 g/mol. The SMILES string of the molecule is O=CCN1CC2CC1CS2. The van der Waals surface area contributed by atoms with Gasteiger partial charge in [-0.15, -0.1) is 0 Å². The van der Waals surface area contributed by atoms with Gasteiger partial charge in [0.1, 0.15) is 6.29 Å². The minimum Gasteiger partial charge on any atom is -0.302 e. The second-order valence-electron chi connectivity index (χ2n) is 2.97. The third-order valence-electron chi connectivity index (χ3n) is 2.32. The van der Waals surface area contributed by atoms with E-state index in [1.54, 1.807) is 0 Å². The molecule has 10 heavy (non-hydrogen) atoms. The number of likely N-dealkylation sites (tertiary alicyclic amines) is 1. The molecule has 2 saturated heterocycles. The van der Waals surface area contributed by atoms with Crippen molar-refractivity contribution >= 4 is 18.0 Å². The summed E-state index contributed by atoms with van der Waals surface area (Å²) < 4.78 is 0. The quantitative estimate of drug-likeness (QED) is 0.540. The molecule has 0 aromatic carbocycles. The van der Waals surface area contributed by atoms with Gasteiger partial charge in [-0.25, -0.2) is 0 Å². The molecule has 2 rings (SSSR count). The summed E-state index contributed by atoms with van der Waals surface area (Å²) in [5.41, 5.74) is 0. The number of fused-ring (bicyclic) bond motifs is 2. The van der Waals surface area contributed by atoms with Crippen LogP contribution in [0.4, 0.5) is 0 Å². The Bertz CT molecular complexity index is 151. The summed E-state index contributed by atoms with van der Waals surface area (Å²) in [7, 11) is 0. The average Bonchev–Trinajstić information content (AvgIpc) is 2.48. The number of carbonyl (C=O) groups excluding carboxylic acids is 1. The van der Waals surface area contributed by atoms with E-state index in [1.807, 2.05) is 0 Å². The molecule has 2 aliphatic rings. The zero-order valence-electron chi connectivity index (χ0n) is 5.82. The van der Waals surface area contributed by atoms with E-state index in [4.69, 9.17) is 0 Å². The van der Waals surface area contributed by atoms with E-state index in [9.17, 15) is 4.79 Å². The van der Waals surface area contributed by atoms with Crippen molar-refractivity contribution in [3.05, 3.63) is 0 Å². The molecule has 0 aromatic heterocycles. The van der Waals surface area contributed by atoms with Gasteiger partial charge < -0.3 is 4.79 Å². The second kappa shape index (κ2) is 2.55. The molecule has 0 aliphatic carbocycles. The van der Waals surface area contributed by atoms with E-state index < -0.39 is 0 Å². The van der Waals surface area contributed by atoms with Gasteiger partial charge in [-0.1, -0.05) is 0 Å². The molecule has 0 N–H and O–H groups in total. The molecule has 2 heterocycles. The van der Waals surface area contributed by atoms with E-state index in [0.29, 0.717) is 6.54 Å². The van der Waals surface area contributed by atoms with Crippen molar-refractivity contribution in [1.29, 1.82) is 0 Å². The van der Waals surface area contributed by atoms with Crippen LogP contribution < -0.4 is 0 Å². The highest BCUT2D eigenvalue weighted by Gasteiger charge is 2.37. The van der Waals surface area contributed by atoms with Gasteiger partial charge >= 0.3 is 0 Å². The number of hydrogen-bond donors (Lipinski definition) is 0. The van der Waals surface area contributed by atoms with Crippen LogP contribution in [0, 0.1) is 0 Å². The molecular formula is C7H11NOS. The largest absolute Gasteiger partial charge is 0.302 e. The maximum Gasteiger partial charge on any atom is 0.133 e. The van der Waals surface area contributed by atoms with E-state index in [0.717, 1.165) is 24.1 Å². The zero-order chi connectivity index (χ0) is 6.97. The molecule has 2 unspecified atom stereocenters. The lowest BCUT2D eigenvalue weighted by Crippen LogP contribution is -2.35. The Labute approximate surface area is 65.0 Å². The molecular weight excluding hydrogens is 146 g/mol. The molecule has 3 heteroatoms. The summed E-state index contributed by atoms with van der Waals surface area (Å²) in [6.07, 6.45) is 2.34. The molecule has 0 radical (unpaired) electrons. The predicted molar refractivity (Wildman–Crippen MR) is 42.3 cm³/mol. The summed E-state index contributed by atoms with van der Waals surface area (Å²) in [5.74, 6) is 1.25. The van der Waals surface area contributed by atoms with Crippen LogP contribution in [0.1, 0.15) is 6.42 Å². The minimum atomic E-state index is 0.654. The first-order valence-electron chi connectivity index (χ1n) is 3.69. The van der Waals surface area contributed by atoms with Crippen LogP contribution in [-0.2, 0) is 4.79 Å². The van der Waals surface area contributed by atoms with Crippen LogP contribution in [0.3, 0.4) is 0 Å².